The van der Waals surface area contributed by atoms with Crippen molar-refractivity contribution in [1.82, 2.24) is 9.97 Å². The number of piperidine rings is 1. The lowest BCUT2D eigenvalue weighted by Gasteiger charge is -2.27. The Kier molecular flexibility index (Phi) is 3.50. The first-order valence-electron chi connectivity index (χ1n) is 5.93. The Bertz CT molecular complexity index is 506. The van der Waals surface area contributed by atoms with Gasteiger partial charge in [0, 0.05) is 13.1 Å². The van der Waals surface area contributed by atoms with Crippen molar-refractivity contribution in [2.24, 2.45) is 0 Å². The molecule has 0 saturated carbocycles. The van der Waals surface area contributed by atoms with Crippen molar-refractivity contribution in [2.75, 3.05) is 23.7 Å². The number of aromatic amines is 1. The van der Waals surface area contributed by atoms with Crippen LogP contribution in [0.1, 0.15) is 24.8 Å². The third-order valence-corrected chi connectivity index (χ3v) is 3.02. The smallest absolute Gasteiger partial charge is 0.308 e. The van der Waals surface area contributed by atoms with Gasteiger partial charge in [0.2, 0.25) is 5.95 Å². The molecule has 7 nitrogen and oxygen atoms in total. The zero-order chi connectivity index (χ0) is 13.1. The minimum atomic E-state index is -1.10. The minimum absolute atomic E-state index is 0.00160. The topological polar surface area (TPSA) is 112 Å². The molecule has 1 fully saturated rings. The Morgan fingerprint density at radius 2 is 2.06 bits per heavy atom. The maximum Gasteiger partial charge on any atom is 0.308 e. The number of nitrogens with two attached hydrogens (primary N) is 1. The van der Waals surface area contributed by atoms with Crippen LogP contribution in [-0.2, 0) is 11.2 Å². The van der Waals surface area contributed by atoms with Crippen LogP contribution in [0.15, 0.2) is 4.79 Å². The molecule has 1 aliphatic rings. The van der Waals surface area contributed by atoms with Gasteiger partial charge in [-0.1, -0.05) is 0 Å². The zero-order valence-electron chi connectivity index (χ0n) is 9.98. The molecule has 0 unspecified atom stereocenters. The normalized spacial score (nSPS) is 15.7. The second-order valence-corrected chi connectivity index (χ2v) is 4.37. The molecule has 4 N–H and O–H groups in total. The van der Waals surface area contributed by atoms with Crippen LogP contribution in [-0.4, -0.2) is 34.1 Å². The summed E-state index contributed by atoms with van der Waals surface area (Å²) < 4.78 is 0. The van der Waals surface area contributed by atoms with Crippen LogP contribution in [0, 0.1) is 0 Å². The molecule has 0 aromatic carbocycles. The second kappa shape index (κ2) is 5.07. The first kappa shape index (κ1) is 12.4. The number of nitrogens with zero attached hydrogens (tertiary/aromatic N) is 2. The van der Waals surface area contributed by atoms with E-state index in [0.29, 0.717) is 5.95 Å². The molecule has 0 spiro atoms. The summed E-state index contributed by atoms with van der Waals surface area (Å²) in [5.41, 5.74) is 5.21. The van der Waals surface area contributed by atoms with Crippen LogP contribution >= 0.6 is 0 Å². The van der Waals surface area contributed by atoms with Gasteiger partial charge in [-0.3, -0.25) is 14.6 Å². The van der Waals surface area contributed by atoms with E-state index in [0.717, 1.165) is 25.9 Å². The van der Waals surface area contributed by atoms with Crippen molar-refractivity contribution in [3.05, 3.63) is 15.9 Å². The summed E-state index contributed by atoms with van der Waals surface area (Å²) in [6.45, 7) is 1.67. The van der Waals surface area contributed by atoms with E-state index in [1.807, 2.05) is 4.90 Å². The fraction of sp³-hybridized carbons (Fsp3) is 0.545. The van der Waals surface area contributed by atoms with Crippen LogP contribution in [0.25, 0.3) is 0 Å². The molecule has 0 radical (unpaired) electrons. The van der Waals surface area contributed by atoms with Gasteiger partial charge in [-0.15, -0.1) is 0 Å². The predicted molar refractivity (Wildman–Crippen MR) is 66.7 cm³/mol. The molecule has 18 heavy (non-hydrogen) atoms. The van der Waals surface area contributed by atoms with E-state index in [1.54, 1.807) is 0 Å². The monoisotopic (exact) mass is 252 g/mol. The Morgan fingerprint density at radius 1 is 1.39 bits per heavy atom. The Morgan fingerprint density at radius 3 is 2.61 bits per heavy atom. The van der Waals surface area contributed by atoms with Crippen LogP contribution < -0.4 is 16.2 Å². The molecule has 98 valence electrons. The predicted octanol–water partition coefficient (Wildman–Crippen LogP) is -0.0305. The first-order valence-corrected chi connectivity index (χ1v) is 5.93. The number of anilines is 2. The maximum atomic E-state index is 11.8. The van der Waals surface area contributed by atoms with E-state index in [-0.39, 0.29) is 11.4 Å². The summed E-state index contributed by atoms with van der Waals surface area (Å²) in [7, 11) is 0. The third kappa shape index (κ3) is 2.61. The highest BCUT2D eigenvalue weighted by Gasteiger charge is 2.17. The molecule has 7 heteroatoms. The molecule has 0 amide bonds. The SMILES string of the molecule is Nc1nc(N2CCCCC2)[nH]c(=O)c1CC(=O)O. The second-order valence-electron chi connectivity index (χ2n) is 4.37. The summed E-state index contributed by atoms with van der Waals surface area (Å²) in [5, 5.41) is 8.69. The minimum Gasteiger partial charge on any atom is -0.481 e. The molecular formula is C11H16N4O3. The molecule has 0 atom stereocenters. The highest BCUT2D eigenvalue weighted by atomic mass is 16.4. The molecule has 2 heterocycles. The number of nitrogens with one attached hydrogen (secondary N) is 1. The molecule has 1 aromatic heterocycles. The van der Waals surface area contributed by atoms with Gasteiger partial charge in [0.15, 0.2) is 0 Å². The zero-order valence-corrected chi connectivity index (χ0v) is 9.98. The van der Waals surface area contributed by atoms with Gasteiger partial charge in [-0.25, -0.2) is 0 Å². The molecule has 1 aliphatic heterocycles. The Labute approximate surface area is 104 Å². The van der Waals surface area contributed by atoms with E-state index < -0.39 is 17.9 Å². The molecule has 0 bridgehead atoms. The van der Waals surface area contributed by atoms with Crippen molar-refractivity contribution in [3.63, 3.8) is 0 Å². The van der Waals surface area contributed by atoms with Gasteiger partial charge in [0.1, 0.15) is 5.82 Å². The quantitative estimate of drug-likeness (QED) is 0.696. The van der Waals surface area contributed by atoms with Crippen molar-refractivity contribution in [3.8, 4) is 0 Å². The highest BCUT2D eigenvalue weighted by molar-refractivity contribution is 5.72. The average molecular weight is 252 g/mol. The van der Waals surface area contributed by atoms with Crippen molar-refractivity contribution >= 4 is 17.7 Å². The van der Waals surface area contributed by atoms with Crippen molar-refractivity contribution in [1.29, 1.82) is 0 Å². The van der Waals surface area contributed by atoms with Crippen LogP contribution in [0.4, 0.5) is 11.8 Å². The van der Waals surface area contributed by atoms with Crippen molar-refractivity contribution in [2.45, 2.75) is 25.7 Å². The molecular weight excluding hydrogens is 236 g/mol. The number of nitrogen functional groups attached to an aromatic ring is 1. The van der Waals surface area contributed by atoms with Gasteiger partial charge in [-0.05, 0) is 19.3 Å². The first-order chi connectivity index (χ1) is 8.58. The molecule has 1 aromatic rings. The number of aliphatic carboxylic acids is 1. The lowest BCUT2D eigenvalue weighted by atomic mass is 10.1. The van der Waals surface area contributed by atoms with E-state index in [4.69, 9.17) is 10.8 Å². The standard InChI is InChI=1S/C11H16N4O3/c12-9-7(6-8(16)17)10(18)14-11(13-9)15-4-2-1-3-5-15/h1-6H2,(H,16,17)(H3,12,13,14,18). The summed E-state index contributed by atoms with van der Waals surface area (Å²) >= 11 is 0. The van der Waals surface area contributed by atoms with E-state index >= 15 is 0 Å². The van der Waals surface area contributed by atoms with Gasteiger partial charge < -0.3 is 15.7 Å². The lowest BCUT2D eigenvalue weighted by Crippen LogP contribution is -2.33. The number of H-pyrrole nitrogens is 1. The van der Waals surface area contributed by atoms with Gasteiger partial charge in [0.25, 0.3) is 5.56 Å². The van der Waals surface area contributed by atoms with E-state index in [9.17, 15) is 9.59 Å². The fourth-order valence-corrected chi connectivity index (χ4v) is 2.08. The fourth-order valence-electron chi connectivity index (χ4n) is 2.08. The summed E-state index contributed by atoms with van der Waals surface area (Å²) in [6, 6.07) is 0. The highest BCUT2D eigenvalue weighted by Crippen LogP contribution is 2.16. The number of rotatable bonds is 3. The van der Waals surface area contributed by atoms with Gasteiger partial charge >= 0.3 is 5.97 Å². The molecule has 2 rings (SSSR count). The number of hydrogen-bond donors (Lipinski definition) is 3. The lowest BCUT2D eigenvalue weighted by molar-refractivity contribution is -0.136. The largest absolute Gasteiger partial charge is 0.481 e. The number of carboxylic acid groups (broad SMARTS) is 1. The number of carbonyl (C=O) groups is 1. The summed E-state index contributed by atoms with van der Waals surface area (Å²) in [5.74, 6) is -0.659. The van der Waals surface area contributed by atoms with Gasteiger partial charge in [0.05, 0.1) is 12.0 Å². The molecule has 1 saturated heterocycles. The van der Waals surface area contributed by atoms with Crippen molar-refractivity contribution < 1.29 is 9.90 Å². The molecule has 0 aliphatic carbocycles. The van der Waals surface area contributed by atoms with Crippen LogP contribution in [0.5, 0.6) is 0 Å². The third-order valence-electron chi connectivity index (χ3n) is 3.02. The number of hydrogen-bond acceptors (Lipinski definition) is 5. The van der Waals surface area contributed by atoms with Crippen LogP contribution in [0.3, 0.4) is 0 Å². The maximum absolute atomic E-state index is 11.8. The Hall–Kier alpha value is -2.05. The summed E-state index contributed by atoms with van der Waals surface area (Å²) in [6.07, 6.45) is 2.88. The average Bonchev–Trinajstić information content (AvgIpc) is 2.34. The van der Waals surface area contributed by atoms with Crippen LogP contribution in [0.2, 0.25) is 0 Å². The number of aromatic nitrogens is 2. The number of carboxylic acids is 1. The summed E-state index contributed by atoms with van der Waals surface area (Å²) in [4.78, 5) is 31.1. The Balaban J connectivity index is 2.29. The van der Waals surface area contributed by atoms with E-state index in [2.05, 4.69) is 9.97 Å². The van der Waals surface area contributed by atoms with E-state index in [1.165, 1.54) is 6.42 Å². The van der Waals surface area contributed by atoms with Gasteiger partial charge in [-0.2, -0.15) is 4.98 Å².